The summed E-state index contributed by atoms with van der Waals surface area (Å²) in [6.07, 6.45) is 8.53. The van der Waals surface area contributed by atoms with E-state index in [0.29, 0.717) is 36.1 Å². The number of fused-ring (bicyclic) bond motifs is 1. The molecule has 0 saturated heterocycles. The molecule has 1 saturated carbocycles. The van der Waals surface area contributed by atoms with Crippen LogP contribution < -0.4 is 5.32 Å². The molecule has 198 valence electrons. The molecule has 1 aliphatic rings. The van der Waals surface area contributed by atoms with E-state index < -0.39 is 5.82 Å². The number of rotatable bonds is 8. The number of thiazole rings is 1. The second-order valence-corrected chi connectivity index (χ2v) is 11.1. The largest absolute Gasteiger partial charge is 0.466 e. The normalized spacial score (nSPS) is 17.4. The average molecular weight is 554 g/mol. The number of nitrogens with zero attached hydrogens (tertiary/aromatic N) is 2. The Kier molecular flexibility index (Phi) is 8.09. The molecule has 2 aromatic heterocycles. The van der Waals surface area contributed by atoms with Crippen LogP contribution in [0.25, 0.3) is 15.4 Å². The van der Waals surface area contributed by atoms with Crippen LogP contribution in [0, 0.1) is 11.7 Å². The maximum absolute atomic E-state index is 13.3. The van der Waals surface area contributed by atoms with Crippen LogP contribution in [-0.4, -0.2) is 27.9 Å². The van der Waals surface area contributed by atoms with Gasteiger partial charge in [0.25, 0.3) is 5.91 Å². The molecule has 0 unspecified atom stereocenters. The predicted molar refractivity (Wildman–Crippen MR) is 147 cm³/mol. The number of amides is 1. The summed E-state index contributed by atoms with van der Waals surface area (Å²) in [7, 11) is 0. The van der Waals surface area contributed by atoms with Crippen molar-refractivity contribution in [2.75, 3.05) is 6.61 Å². The van der Waals surface area contributed by atoms with Gasteiger partial charge in [0.1, 0.15) is 11.5 Å². The van der Waals surface area contributed by atoms with E-state index in [1.54, 1.807) is 12.3 Å². The Morgan fingerprint density at radius 1 is 1.13 bits per heavy atom. The fourth-order valence-electron chi connectivity index (χ4n) is 5.04. The zero-order valence-corrected chi connectivity index (χ0v) is 22.7. The van der Waals surface area contributed by atoms with Crippen molar-refractivity contribution in [3.8, 4) is 10.4 Å². The number of nitrogens with one attached hydrogen (secondary N) is 1. The van der Waals surface area contributed by atoms with Crippen molar-refractivity contribution in [1.82, 2.24) is 14.7 Å². The molecule has 2 heterocycles. The Balaban J connectivity index is 1.17. The maximum Gasteiger partial charge on any atom is 0.306 e. The van der Waals surface area contributed by atoms with Crippen LogP contribution in [0.5, 0.6) is 0 Å². The molecule has 6 nitrogen and oxygen atoms in total. The number of ether oxygens (including phenoxy) is 1. The lowest BCUT2D eigenvalue weighted by atomic mass is 9.77. The Hall–Kier alpha value is -3.23. The molecule has 0 radical (unpaired) electrons. The van der Waals surface area contributed by atoms with Gasteiger partial charge in [-0.3, -0.25) is 14.0 Å². The lowest BCUT2D eigenvalue weighted by molar-refractivity contribution is -0.144. The fraction of sp³-hybridized carbons (Fsp3) is 0.345. The SMILES string of the molecule is CCOC(=O)CC1CCC(c2ccc(-c3cn4cc(C(=O)NCc5ccc(F)c(Cl)c5)nc4s3)cc2)CC1. The van der Waals surface area contributed by atoms with Crippen molar-refractivity contribution >= 4 is 39.8 Å². The number of carbonyl (C=O) groups excluding carboxylic acids is 2. The van der Waals surface area contributed by atoms with Gasteiger partial charge >= 0.3 is 5.97 Å². The summed E-state index contributed by atoms with van der Waals surface area (Å²) in [5.41, 5.74) is 3.48. The van der Waals surface area contributed by atoms with Crippen molar-refractivity contribution < 1.29 is 18.7 Å². The highest BCUT2D eigenvalue weighted by molar-refractivity contribution is 7.20. The van der Waals surface area contributed by atoms with Crippen LogP contribution in [-0.2, 0) is 16.1 Å². The highest BCUT2D eigenvalue weighted by Crippen LogP contribution is 2.38. The molecular weight excluding hydrogens is 525 g/mol. The molecule has 1 aliphatic carbocycles. The molecule has 4 aromatic rings. The molecule has 2 aromatic carbocycles. The van der Waals surface area contributed by atoms with E-state index in [9.17, 15) is 14.0 Å². The second-order valence-electron chi connectivity index (χ2n) is 9.69. The van der Waals surface area contributed by atoms with Gasteiger partial charge in [-0.15, -0.1) is 0 Å². The summed E-state index contributed by atoms with van der Waals surface area (Å²) in [5, 5.41) is 2.83. The van der Waals surface area contributed by atoms with Crippen LogP contribution >= 0.6 is 22.9 Å². The number of carbonyl (C=O) groups is 2. The third-order valence-electron chi connectivity index (χ3n) is 7.10. The molecule has 38 heavy (non-hydrogen) atoms. The minimum Gasteiger partial charge on any atom is -0.466 e. The molecule has 1 amide bonds. The highest BCUT2D eigenvalue weighted by Gasteiger charge is 2.24. The number of hydrogen-bond acceptors (Lipinski definition) is 5. The third-order valence-corrected chi connectivity index (χ3v) is 8.44. The Morgan fingerprint density at radius 3 is 2.58 bits per heavy atom. The molecule has 0 spiro atoms. The number of aromatic nitrogens is 2. The summed E-state index contributed by atoms with van der Waals surface area (Å²) in [5.74, 6) is 0.0850. The molecule has 1 fully saturated rings. The number of imidazole rings is 1. The third kappa shape index (κ3) is 6.08. The topological polar surface area (TPSA) is 72.7 Å². The smallest absolute Gasteiger partial charge is 0.306 e. The summed E-state index contributed by atoms with van der Waals surface area (Å²) >= 11 is 7.34. The van der Waals surface area contributed by atoms with Gasteiger partial charge in [-0.25, -0.2) is 9.37 Å². The van der Waals surface area contributed by atoms with Crippen molar-refractivity contribution in [3.05, 3.63) is 82.5 Å². The van der Waals surface area contributed by atoms with Crippen LogP contribution in [0.4, 0.5) is 4.39 Å². The number of esters is 1. The minimum atomic E-state index is -0.489. The average Bonchev–Trinajstić information content (AvgIpc) is 3.50. The number of hydrogen-bond donors (Lipinski definition) is 1. The predicted octanol–water partition coefficient (Wildman–Crippen LogP) is 7.01. The molecule has 5 rings (SSSR count). The van der Waals surface area contributed by atoms with E-state index >= 15 is 0 Å². The van der Waals surface area contributed by atoms with E-state index in [4.69, 9.17) is 16.3 Å². The van der Waals surface area contributed by atoms with Crippen LogP contribution in [0.3, 0.4) is 0 Å². The van der Waals surface area contributed by atoms with Crippen molar-refractivity contribution in [3.63, 3.8) is 0 Å². The Labute approximate surface area is 229 Å². The van der Waals surface area contributed by atoms with E-state index in [2.05, 4.69) is 34.6 Å². The van der Waals surface area contributed by atoms with Crippen molar-refractivity contribution in [1.29, 1.82) is 0 Å². The van der Waals surface area contributed by atoms with Crippen LogP contribution in [0.2, 0.25) is 5.02 Å². The first-order chi connectivity index (χ1) is 18.4. The maximum atomic E-state index is 13.3. The first kappa shape index (κ1) is 26.4. The van der Waals surface area contributed by atoms with Gasteiger partial charge in [0.05, 0.1) is 16.5 Å². The summed E-state index contributed by atoms with van der Waals surface area (Å²) in [6.45, 7) is 2.52. The van der Waals surface area contributed by atoms with Crippen LogP contribution in [0.1, 0.15) is 66.6 Å². The Morgan fingerprint density at radius 2 is 1.89 bits per heavy atom. The molecular formula is C29H29ClFN3O3S. The number of halogens is 2. The van der Waals surface area contributed by atoms with E-state index in [0.717, 1.165) is 41.1 Å². The summed E-state index contributed by atoms with van der Waals surface area (Å²) in [4.78, 5) is 30.6. The summed E-state index contributed by atoms with van der Waals surface area (Å²) in [6, 6.07) is 13.1. The highest BCUT2D eigenvalue weighted by atomic mass is 35.5. The summed E-state index contributed by atoms with van der Waals surface area (Å²) < 4.78 is 20.3. The van der Waals surface area contributed by atoms with Gasteiger partial charge in [-0.2, -0.15) is 0 Å². The first-order valence-electron chi connectivity index (χ1n) is 12.9. The van der Waals surface area contributed by atoms with E-state index in [1.165, 1.54) is 29.0 Å². The standard InChI is InChI=1S/C29H29ClFN3O3S/c1-2-37-27(35)14-18-3-6-20(7-4-18)21-8-10-22(11-9-21)26-17-34-16-25(33-29(34)38-26)28(36)32-15-19-5-12-24(31)23(30)13-19/h5,8-13,16-18,20H,2-4,6-7,14-15H2,1H3,(H,32,36). The Bertz CT molecular complexity index is 1410. The molecule has 0 atom stereocenters. The number of benzene rings is 2. The monoisotopic (exact) mass is 553 g/mol. The molecule has 1 N–H and O–H groups in total. The lowest BCUT2D eigenvalue weighted by Gasteiger charge is -2.28. The minimum absolute atomic E-state index is 0.0261. The van der Waals surface area contributed by atoms with Gasteiger partial charge in [-0.1, -0.05) is 53.3 Å². The van der Waals surface area contributed by atoms with Crippen molar-refractivity contribution in [2.24, 2.45) is 5.92 Å². The molecule has 0 bridgehead atoms. The quantitative estimate of drug-likeness (QED) is 0.238. The molecule has 9 heteroatoms. The fourth-order valence-corrected chi connectivity index (χ4v) is 6.21. The van der Waals surface area contributed by atoms with Gasteiger partial charge in [0, 0.05) is 25.4 Å². The van der Waals surface area contributed by atoms with Gasteiger partial charge in [-0.05, 0) is 73.3 Å². The van der Waals surface area contributed by atoms with E-state index in [-0.39, 0.29) is 23.4 Å². The zero-order valence-electron chi connectivity index (χ0n) is 21.1. The van der Waals surface area contributed by atoms with Gasteiger partial charge < -0.3 is 10.1 Å². The van der Waals surface area contributed by atoms with E-state index in [1.807, 2.05) is 17.5 Å². The lowest BCUT2D eigenvalue weighted by Crippen LogP contribution is -2.23. The zero-order chi connectivity index (χ0) is 26.6. The van der Waals surface area contributed by atoms with Gasteiger partial charge in [0.15, 0.2) is 4.96 Å². The van der Waals surface area contributed by atoms with Crippen molar-refractivity contribution in [2.45, 2.75) is 51.5 Å². The second kappa shape index (κ2) is 11.7. The first-order valence-corrected chi connectivity index (χ1v) is 14.1. The van der Waals surface area contributed by atoms with Crippen LogP contribution in [0.15, 0.2) is 54.9 Å². The molecule has 0 aliphatic heterocycles. The van der Waals surface area contributed by atoms with Gasteiger partial charge in [0.2, 0.25) is 0 Å².